The number of halogens is 1. The zero-order valence-electron chi connectivity index (χ0n) is 18.6. The van der Waals surface area contributed by atoms with Gasteiger partial charge in [0.25, 0.3) is 5.91 Å². The number of esters is 1. The molecule has 1 aromatic carbocycles. The van der Waals surface area contributed by atoms with Crippen molar-refractivity contribution in [2.24, 2.45) is 11.8 Å². The molecule has 2 bridgehead atoms. The quantitative estimate of drug-likeness (QED) is 0.433. The van der Waals surface area contributed by atoms with Crippen LogP contribution in [0, 0.1) is 11.8 Å². The Hall–Kier alpha value is -2.42. The van der Waals surface area contributed by atoms with Crippen LogP contribution in [0.15, 0.2) is 36.9 Å². The number of benzene rings is 1. The first-order chi connectivity index (χ1) is 15.9. The van der Waals surface area contributed by atoms with Gasteiger partial charge in [0.2, 0.25) is 5.91 Å². The van der Waals surface area contributed by atoms with E-state index in [1.54, 1.807) is 42.2 Å². The van der Waals surface area contributed by atoms with Crippen LogP contribution in [0.2, 0.25) is 5.02 Å². The molecule has 0 aromatic heterocycles. The minimum atomic E-state index is -1.10. The van der Waals surface area contributed by atoms with E-state index >= 15 is 0 Å². The standard InChI is InChI=1S/C24H29ClN2O6/c1-3-12-26(16-8-6-15(25)7-9-16)22(30)20-24-11-10-17(33-24)18(23(31)32-4-2)19(24)21(29)27(20)13-5-14-28/h3,6-9,17-20,28H,1,4-5,10-14H2,2H3/t17-,18+,19+,20-,24+/m0/s1. The van der Waals surface area contributed by atoms with Crippen LogP contribution >= 0.6 is 11.6 Å². The highest BCUT2D eigenvalue weighted by molar-refractivity contribution is 6.30. The fraction of sp³-hybridized carbons (Fsp3) is 0.542. The van der Waals surface area contributed by atoms with E-state index in [2.05, 4.69) is 6.58 Å². The van der Waals surface area contributed by atoms with Gasteiger partial charge < -0.3 is 24.4 Å². The van der Waals surface area contributed by atoms with Gasteiger partial charge in [0.1, 0.15) is 11.6 Å². The van der Waals surface area contributed by atoms with E-state index in [0.29, 0.717) is 30.0 Å². The average molecular weight is 477 g/mol. The van der Waals surface area contributed by atoms with Crippen LogP contribution in [0.5, 0.6) is 0 Å². The number of fused-ring (bicyclic) bond motifs is 1. The fourth-order valence-electron chi connectivity index (χ4n) is 5.64. The van der Waals surface area contributed by atoms with Gasteiger partial charge in [0.15, 0.2) is 0 Å². The summed E-state index contributed by atoms with van der Waals surface area (Å²) in [7, 11) is 0. The van der Waals surface area contributed by atoms with Crippen molar-refractivity contribution in [3.63, 3.8) is 0 Å². The predicted octanol–water partition coefficient (Wildman–Crippen LogP) is 2.18. The maximum absolute atomic E-state index is 14.1. The Bertz CT molecular complexity index is 937. The first-order valence-electron chi connectivity index (χ1n) is 11.3. The largest absolute Gasteiger partial charge is 0.466 e. The molecule has 8 nitrogen and oxygen atoms in total. The molecular weight excluding hydrogens is 448 g/mol. The number of likely N-dealkylation sites (tertiary alicyclic amines) is 1. The Labute approximate surface area is 198 Å². The highest BCUT2D eigenvalue weighted by Crippen LogP contribution is 2.58. The monoisotopic (exact) mass is 476 g/mol. The molecule has 9 heteroatoms. The summed E-state index contributed by atoms with van der Waals surface area (Å²) in [5.41, 5.74) is -0.481. The van der Waals surface area contributed by atoms with Crippen LogP contribution in [0.3, 0.4) is 0 Å². The van der Waals surface area contributed by atoms with Gasteiger partial charge in [0.05, 0.1) is 24.5 Å². The Kier molecular flexibility index (Phi) is 6.79. The Balaban J connectivity index is 1.75. The highest BCUT2D eigenvalue weighted by atomic mass is 35.5. The van der Waals surface area contributed by atoms with E-state index in [4.69, 9.17) is 21.1 Å². The Morgan fingerprint density at radius 3 is 2.76 bits per heavy atom. The predicted molar refractivity (Wildman–Crippen MR) is 122 cm³/mol. The third-order valence-electron chi connectivity index (χ3n) is 6.87. The molecule has 0 unspecified atom stereocenters. The summed E-state index contributed by atoms with van der Waals surface area (Å²) in [6.07, 6.45) is 2.56. The van der Waals surface area contributed by atoms with Crippen molar-refractivity contribution >= 4 is 35.1 Å². The number of anilines is 1. The SMILES string of the molecule is C=CCN(C(=O)[C@@H]1N(CCCO)C(=O)[C@H]2[C@H](C(=O)OCC)[C@@H]3CC[C@]12O3)c1ccc(Cl)cc1. The third-order valence-corrected chi connectivity index (χ3v) is 7.12. The molecule has 0 radical (unpaired) electrons. The van der Waals surface area contributed by atoms with Crippen LogP contribution < -0.4 is 4.90 Å². The second-order valence-corrected chi connectivity index (χ2v) is 9.07. The minimum absolute atomic E-state index is 0.124. The molecule has 1 aromatic rings. The normalized spacial score (nSPS) is 29.8. The molecule has 1 spiro atoms. The molecule has 178 valence electrons. The third kappa shape index (κ3) is 3.84. The van der Waals surface area contributed by atoms with Gasteiger partial charge >= 0.3 is 5.97 Å². The van der Waals surface area contributed by atoms with Gasteiger partial charge in [0, 0.05) is 30.4 Å². The van der Waals surface area contributed by atoms with Crippen molar-refractivity contribution in [1.29, 1.82) is 0 Å². The molecule has 3 aliphatic heterocycles. The highest BCUT2D eigenvalue weighted by Gasteiger charge is 2.75. The summed E-state index contributed by atoms with van der Waals surface area (Å²) >= 11 is 6.03. The van der Waals surface area contributed by atoms with Crippen molar-refractivity contribution in [2.75, 3.05) is 31.2 Å². The van der Waals surface area contributed by atoms with Gasteiger partial charge in [-0.25, -0.2) is 0 Å². The fourth-order valence-corrected chi connectivity index (χ4v) is 5.77. The summed E-state index contributed by atoms with van der Waals surface area (Å²) < 4.78 is 11.6. The van der Waals surface area contributed by atoms with Crippen molar-refractivity contribution in [2.45, 2.75) is 43.9 Å². The van der Waals surface area contributed by atoms with Crippen LogP contribution in [0.4, 0.5) is 5.69 Å². The van der Waals surface area contributed by atoms with Crippen molar-refractivity contribution < 1.29 is 29.0 Å². The summed E-state index contributed by atoms with van der Waals surface area (Å²) in [5, 5.41) is 9.95. The molecule has 3 fully saturated rings. The maximum Gasteiger partial charge on any atom is 0.312 e. The first kappa shape index (κ1) is 23.7. The van der Waals surface area contributed by atoms with E-state index < -0.39 is 35.6 Å². The number of amides is 2. The number of carbonyl (C=O) groups excluding carboxylic acids is 3. The number of nitrogens with zero attached hydrogens (tertiary/aromatic N) is 2. The van der Waals surface area contributed by atoms with E-state index in [9.17, 15) is 19.5 Å². The van der Waals surface area contributed by atoms with E-state index in [-0.39, 0.29) is 38.1 Å². The summed E-state index contributed by atoms with van der Waals surface area (Å²) in [6, 6.07) is 5.95. The molecule has 3 heterocycles. The second kappa shape index (κ2) is 9.44. The summed E-state index contributed by atoms with van der Waals surface area (Å²) in [6.45, 7) is 6.00. The van der Waals surface area contributed by atoms with Crippen molar-refractivity contribution in [1.82, 2.24) is 4.90 Å². The van der Waals surface area contributed by atoms with E-state index in [1.165, 1.54) is 4.90 Å². The maximum atomic E-state index is 14.1. The minimum Gasteiger partial charge on any atom is -0.466 e. The molecule has 3 saturated heterocycles. The molecule has 3 aliphatic rings. The molecule has 1 N–H and O–H groups in total. The number of hydrogen-bond donors (Lipinski definition) is 1. The van der Waals surface area contributed by atoms with Crippen LogP contribution in [0.25, 0.3) is 0 Å². The number of aliphatic hydroxyl groups is 1. The summed E-state index contributed by atoms with van der Waals surface area (Å²) in [5.74, 6) is -2.58. The molecular formula is C24H29ClN2O6. The average Bonchev–Trinajstić information content (AvgIpc) is 3.44. The van der Waals surface area contributed by atoms with E-state index in [0.717, 1.165) is 0 Å². The lowest BCUT2D eigenvalue weighted by molar-refractivity contribution is -0.154. The van der Waals surface area contributed by atoms with Crippen LogP contribution in [0.1, 0.15) is 26.2 Å². The number of rotatable bonds is 9. The molecule has 0 saturated carbocycles. The zero-order chi connectivity index (χ0) is 23.8. The second-order valence-electron chi connectivity index (χ2n) is 8.63. The number of ether oxygens (including phenoxy) is 2. The number of carbonyl (C=O) groups is 3. The zero-order valence-corrected chi connectivity index (χ0v) is 19.4. The smallest absolute Gasteiger partial charge is 0.312 e. The van der Waals surface area contributed by atoms with Crippen molar-refractivity contribution in [3.8, 4) is 0 Å². The molecule has 5 atom stereocenters. The Morgan fingerprint density at radius 2 is 2.12 bits per heavy atom. The first-order valence-corrected chi connectivity index (χ1v) is 11.7. The molecule has 0 aliphatic carbocycles. The molecule has 33 heavy (non-hydrogen) atoms. The van der Waals surface area contributed by atoms with Gasteiger partial charge in [-0.15, -0.1) is 6.58 Å². The molecule has 2 amide bonds. The van der Waals surface area contributed by atoms with Crippen LogP contribution in [-0.2, 0) is 23.9 Å². The number of hydrogen-bond acceptors (Lipinski definition) is 6. The van der Waals surface area contributed by atoms with Gasteiger partial charge in [-0.3, -0.25) is 14.4 Å². The number of aliphatic hydroxyl groups excluding tert-OH is 1. The van der Waals surface area contributed by atoms with Gasteiger partial charge in [-0.05, 0) is 50.5 Å². The molecule has 4 rings (SSSR count). The summed E-state index contributed by atoms with van der Waals surface area (Å²) in [4.78, 5) is 43.5. The lowest BCUT2D eigenvalue weighted by Crippen LogP contribution is -2.56. The van der Waals surface area contributed by atoms with Gasteiger partial charge in [-0.1, -0.05) is 17.7 Å². The topological polar surface area (TPSA) is 96.4 Å². The lowest BCUT2D eigenvalue weighted by Gasteiger charge is -2.36. The van der Waals surface area contributed by atoms with Gasteiger partial charge in [-0.2, -0.15) is 0 Å². The Morgan fingerprint density at radius 1 is 1.39 bits per heavy atom. The van der Waals surface area contributed by atoms with Crippen LogP contribution in [-0.4, -0.2) is 71.8 Å². The van der Waals surface area contributed by atoms with Crippen molar-refractivity contribution in [3.05, 3.63) is 41.9 Å². The lowest BCUT2D eigenvalue weighted by atomic mass is 9.70. The van der Waals surface area contributed by atoms with E-state index in [1.807, 2.05) is 0 Å².